The molecule has 0 radical (unpaired) electrons. The number of benzene rings is 1. The summed E-state index contributed by atoms with van der Waals surface area (Å²) in [5.74, 6) is 0.889. The lowest BCUT2D eigenvalue weighted by atomic mass is 10.1. The Morgan fingerprint density at radius 2 is 1.89 bits per heavy atom. The predicted molar refractivity (Wildman–Crippen MR) is 87.3 cm³/mol. The van der Waals surface area contributed by atoms with E-state index in [0.717, 1.165) is 12.3 Å². The van der Waals surface area contributed by atoms with Crippen molar-refractivity contribution in [1.82, 2.24) is 4.90 Å². The van der Waals surface area contributed by atoms with Gasteiger partial charge in [0.1, 0.15) is 5.75 Å². The van der Waals surface area contributed by atoms with Crippen molar-refractivity contribution in [3.05, 3.63) is 59.8 Å². The molecule has 0 aromatic heterocycles. The monoisotopic (exact) mass is 355 g/mol. The quantitative estimate of drug-likeness (QED) is 0.767. The van der Waals surface area contributed by atoms with Crippen molar-refractivity contribution in [3.63, 3.8) is 0 Å². The number of halogens is 1. The number of ether oxygens (including phenoxy) is 1. The molecule has 0 N–H and O–H groups in total. The van der Waals surface area contributed by atoms with Crippen LogP contribution >= 0.6 is 24.0 Å². The first-order chi connectivity index (χ1) is 8.28. The molecular formula is C15H18INO. The number of allylic oxidation sites excluding steroid dienone is 3. The highest BCUT2D eigenvalue weighted by Crippen LogP contribution is 2.14. The highest BCUT2D eigenvalue weighted by atomic mass is 127. The number of hydrogen-bond acceptors (Lipinski definition) is 2. The van der Waals surface area contributed by atoms with Crippen molar-refractivity contribution < 1.29 is 4.74 Å². The Bertz CT molecular complexity index is 460. The molecule has 1 aliphatic heterocycles. The highest BCUT2D eigenvalue weighted by Gasteiger charge is 1.96. The fourth-order valence-electron chi connectivity index (χ4n) is 1.62. The Morgan fingerprint density at radius 3 is 2.44 bits per heavy atom. The van der Waals surface area contributed by atoms with Crippen LogP contribution in [0.5, 0.6) is 5.75 Å². The third kappa shape index (κ3) is 4.22. The van der Waals surface area contributed by atoms with Crippen molar-refractivity contribution >= 4 is 30.1 Å². The predicted octanol–water partition coefficient (Wildman–Crippen LogP) is 3.71. The molecule has 0 saturated heterocycles. The van der Waals surface area contributed by atoms with Crippen LogP contribution in [-0.2, 0) is 0 Å². The summed E-state index contributed by atoms with van der Waals surface area (Å²) in [7, 11) is 3.75. The standard InChI is InChI=1S/C15H17NO.HI/c1-16-11-9-14(10-12-16)4-3-13-5-7-15(17-2)8-6-13;/h3-11H,12H2,1-2H3;1H. The zero-order chi connectivity index (χ0) is 12.1. The lowest BCUT2D eigenvalue weighted by molar-refractivity contribution is 0.415. The minimum Gasteiger partial charge on any atom is -0.497 e. The van der Waals surface area contributed by atoms with E-state index in [-0.39, 0.29) is 24.0 Å². The van der Waals surface area contributed by atoms with Gasteiger partial charge in [-0.05, 0) is 35.5 Å². The van der Waals surface area contributed by atoms with Crippen LogP contribution in [0.15, 0.2) is 54.3 Å². The maximum atomic E-state index is 5.12. The molecule has 96 valence electrons. The van der Waals surface area contributed by atoms with Gasteiger partial charge in [-0.2, -0.15) is 0 Å². The van der Waals surface area contributed by atoms with Gasteiger partial charge < -0.3 is 9.64 Å². The van der Waals surface area contributed by atoms with Crippen LogP contribution in [0, 0.1) is 0 Å². The topological polar surface area (TPSA) is 12.5 Å². The molecular weight excluding hydrogens is 337 g/mol. The van der Waals surface area contributed by atoms with Crippen LogP contribution in [0.2, 0.25) is 0 Å². The SMILES string of the molecule is COc1ccc(C=CC2=CCN(C)C=C2)cc1.I. The molecule has 0 amide bonds. The fourth-order valence-corrected chi connectivity index (χ4v) is 1.62. The summed E-state index contributed by atoms with van der Waals surface area (Å²) in [5.41, 5.74) is 2.43. The van der Waals surface area contributed by atoms with Gasteiger partial charge in [-0.25, -0.2) is 0 Å². The average Bonchev–Trinajstić information content (AvgIpc) is 2.39. The second-order valence-electron chi connectivity index (χ2n) is 4.07. The van der Waals surface area contributed by atoms with Gasteiger partial charge in [0.15, 0.2) is 0 Å². The summed E-state index contributed by atoms with van der Waals surface area (Å²) in [4.78, 5) is 2.14. The normalized spacial score (nSPS) is 14.3. The van der Waals surface area contributed by atoms with Crippen molar-refractivity contribution in [3.8, 4) is 5.75 Å². The number of methoxy groups -OCH3 is 1. The van der Waals surface area contributed by atoms with Gasteiger partial charge in [-0.1, -0.05) is 30.4 Å². The van der Waals surface area contributed by atoms with Gasteiger partial charge in [0.05, 0.1) is 7.11 Å². The van der Waals surface area contributed by atoms with Crippen LogP contribution in [-0.4, -0.2) is 25.6 Å². The van der Waals surface area contributed by atoms with E-state index in [9.17, 15) is 0 Å². The molecule has 1 aromatic rings. The minimum absolute atomic E-state index is 0. The highest BCUT2D eigenvalue weighted by molar-refractivity contribution is 14.0. The minimum atomic E-state index is 0. The van der Waals surface area contributed by atoms with Crippen molar-refractivity contribution in [2.75, 3.05) is 20.7 Å². The summed E-state index contributed by atoms with van der Waals surface area (Å²) in [6, 6.07) is 8.04. The maximum Gasteiger partial charge on any atom is 0.118 e. The molecule has 18 heavy (non-hydrogen) atoms. The number of nitrogens with zero attached hydrogens (tertiary/aromatic N) is 1. The Hall–Kier alpha value is -1.23. The molecule has 0 saturated carbocycles. The molecule has 0 spiro atoms. The van der Waals surface area contributed by atoms with E-state index in [2.05, 4.69) is 54.6 Å². The Balaban J connectivity index is 0.00000162. The summed E-state index contributed by atoms with van der Waals surface area (Å²) >= 11 is 0. The first kappa shape index (κ1) is 14.8. The van der Waals surface area contributed by atoms with Crippen LogP contribution in [0.25, 0.3) is 6.08 Å². The maximum absolute atomic E-state index is 5.12. The van der Waals surface area contributed by atoms with Crippen LogP contribution in [0.4, 0.5) is 0 Å². The first-order valence-electron chi connectivity index (χ1n) is 5.68. The first-order valence-corrected chi connectivity index (χ1v) is 5.68. The molecule has 0 unspecified atom stereocenters. The van der Waals surface area contributed by atoms with Crippen LogP contribution in [0.1, 0.15) is 5.56 Å². The molecule has 0 aliphatic carbocycles. The zero-order valence-corrected chi connectivity index (χ0v) is 13.0. The molecule has 1 heterocycles. The molecule has 0 fully saturated rings. The van der Waals surface area contributed by atoms with E-state index in [1.165, 1.54) is 11.1 Å². The van der Waals surface area contributed by atoms with E-state index in [0.29, 0.717) is 0 Å². The number of likely N-dealkylation sites (N-methyl/N-ethyl adjacent to an activating group) is 1. The van der Waals surface area contributed by atoms with E-state index in [1.54, 1.807) is 7.11 Å². The molecule has 1 aromatic carbocycles. The van der Waals surface area contributed by atoms with Gasteiger partial charge in [-0.15, -0.1) is 24.0 Å². The van der Waals surface area contributed by atoms with Gasteiger partial charge >= 0.3 is 0 Å². The smallest absolute Gasteiger partial charge is 0.118 e. The Morgan fingerprint density at radius 1 is 1.17 bits per heavy atom. The number of rotatable bonds is 3. The molecule has 0 atom stereocenters. The summed E-state index contributed by atoms with van der Waals surface area (Å²) < 4.78 is 5.12. The van der Waals surface area contributed by atoms with Crippen LogP contribution < -0.4 is 4.74 Å². The lowest BCUT2D eigenvalue weighted by Crippen LogP contribution is -2.12. The van der Waals surface area contributed by atoms with Crippen LogP contribution in [0.3, 0.4) is 0 Å². The second kappa shape index (κ2) is 7.26. The summed E-state index contributed by atoms with van der Waals surface area (Å²) in [6.45, 7) is 0.971. The van der Waals surface area contributed by atoms with E-state index >= 15 is 0 Å². The molecule has 2 rings (SSSR count). The van der Waals surface area contributed by atoms with Crippen molar-refractivity contribution in [2.24, 2.45) is 0 Å². The molecule has 2 nitrogen and oxygen atoms in total. The largest absolute Gasteiger partial charge is 0.497 e. The van der Waals surface area contributed by atoms with Crippen molar-refractivity contribution in [1.29, 1.82) is 0 Å². The third-order valence-electron chi connectivity index (χ3n) is 2.72. The van der Waals surface area contributed by atoms with E-state index in [4.69, 9.17) is 4.74 Å². The molecule has 1 aliphatic rings. The van der Waals surface area contributed by atoms with E-state index in [1.807, 2.05) is 12.1 Å². The Kier molecular flexibility index (Phi) is 5.98. The zero-order valence-electron chi connectivity index (χ0n) is 10.7. The fraction of sp³-hybridized carbons (Fsp3) is 0.200. The van der Waals surface area contributed by atoms with Gasteiger partial charge in [0.2, 0.25) is 0 Å². The van der Waals surface area contributed by atoms with Gasteiger partial charge in [-0.3, -0.25) is 0 Å². The van der Waals surface area contributed by atoms with Gasteiger partial charge in [0.25, 0.3) is 0 Å². The summed E-state index contributed by atoms with van der Waals surface area (Å²) in [5, 5.41) is 0. The third-order valence-corrected chi connectivity index (χ3v) is 2.72. The van der Waals surface area contributed by atoms with E-state index < -0.39 is 0 Å². The summed E-state index contributed by atoms with van der Waals surface area (Å²) in [6.07, 6.45) is 10.7. The second-order valence-corrected chi connectivity index (χ2v) is 4.07. The Labute approximate surface area is 126 Å². The molecule has 0 bridgehead atoms. The lowest BCUT2D eigenvalue weighted by Gasteiger charge is -2.15. The average molecular weight is 355 g/mol. The number of hydrogen-bond donors (Lipinski definition) is 0. The van der Waals surface area contributed by atoms with Gasteiger partial charge in [0, 0.05) is 13.6 Å². The van der Waals surface area contributed by atoms with Crippen molar-refractivity contribution in [2.45, 2.75) is 0 Å². The molecule has 3 heteroatoms.